The number of amides is 1. The first kappa shape index (κ1) is 17.4. The van der Waals surface area contributed by atoms with Crippen LogP contribution in [-0.2, 0) is 4.79 Å². The molecule has 24 heavy (non-hydrogen) atoms. The number of imidazole rings is 1. The van der Waals surface area contributed by atoms with Crippen molar-refractivity contribution in [1.82, 2.24) is 19.5 Å². The number of hydrogen-bond acceptors (Lipinski definition) is 6. The van der Waals surface area contributed by atoms with Crippen molar-refractivity contribution < 1.29 is 27.6 Å². The molecule has 0 aromatic carbocycles. The van der Waals surface area contributed by atoms with E-state index < -0.39 is 23.0 Å². The van der Waals surface area contributed by atoms with Gasteiger partial charge in [-0.3, -0.25) is 4.79 Å². The van der Waals surface area contributed by atoms with Gasteiger partial charge in [0.05, 0.1) is 6.04 Å². The Morgan fingerprint density at radius 1 is 1.50 bits per heavy atom. The smallest absolute Gasteiger partial charge is 0.471 e. The predicted octanol–water partition coefficient (Wildman–Crippen LogP) is 1.43. The summed E-state index contributed by atoms with van der Waals surface area (Å²) in [5, 5.41) is 14.7. The van der Waals surface area contributed by atoms with E-state index in [2.05, 4.69) is 10.1 Å². The molecule has 0 spiro atoms. The molecule has 130 valence electrons. The fourth-order valence-corrected chi connectivity index (χ4v) is 1.76. The first-order valence-corrected chi connectivity index (χ1v) is 6.57. The summed E-state index contributed by atoms with van der Waals surface area (Å²) in [7, 11) is 1.00. The maximum Gasteiger partial charge on any atom is 0.471 e. The summed E-state index contributed by atoms with van der Waals surface area (Å²) >= 11 is 0. The summed E-state index contributed by atoms with van der Waals surface area (Å²) in [6.07, 6.45) is -3.96. The molecule has 0 aliphatic heterocycles. The summed E-state index contributed by atoms with van der Waals surface area (Å²) in [6, 6.07) is 1.88. The number of carbonyl (C=O) groups excluding carboxylic acids is 1. The zero-order valence-corrected chi connectivity index (χ0v) is 12.5. The van der Waals surface area contributed by atoms with Gasteiger partial charge in [0.25, 0.3) is 5.88 Å². The molecule has 12 heteroatoms. The molecular formula is C12H12F3N5O4. The highest BCUT2D eigenvalue weighted by atomic mass is 19.4. The van der Waals surface area contributed by atoms with E-state index in [4.69, 9.17) is 4.74 Å². The van der Waals surface area contributed by atoms with E-state index in [1.807, 2.05) is 0 Å². The number of nitrogens with zero attached hydrogens (tertiary/aromatic N) is 5. The minimum atomic E-state index is -4.97. The molecule has 2 rings (SSSR count). The van der Waals surface area contributed by atoms with Crippen LogP contribution < -0.4 is 4.74 Å². The van der Waals surface area contributed by atoms with Gasteiger partial charge in [-0.05, 0) is 16.9 Å². The van der Waals surface area contributed by atoms with Crippen molar-refractivity contribution in [1.29, 1.82) is 0 Å². The predicted molar refractivity (Wildman–Crippen MR) is 73.4 cm³/mol. The van der Waals surface area contributed by atoms with Gasteiger partial charge in [-0.2, -0.15) is 13.2 Å². The van der Waals surface area contributed by atoms with Crippen molar-refractivity contribution in [3.63, 3.8) is 0 Å². The lowest BCUT2D eigenvalue weighted by atomic mass is 10.3. The van der Waals surface area contributed by atoms with Crippen molar-refractivity contribution in [2.24, 2.45) is 0 Å². The molecule has 1 amide bonds. The van der Waals surface area contributed by atoms with Crippen LogP contribution in [0.25, 0.3) is 5.65 Å². The minimum absolute atomic E-state index is 0.0525. The number of nitro groups is 1. The van der Waals surface area contributed by atoms with Gasteiger partial charge in [0.1, 0.15) is 12.8 Å². The highest BCUT2D eigenvalue weighted by Gasteiger charge is 2.42. The van der Waals surface area contributed by atoms with Crippen LogP contribution in [0.2, 0.25) is 0 Å². The molecule has 2 heterocycles. The molecule has 2 aromatic rings. The number of ether oxygens (including phenoxy) is 1. The first-order valence-electron chi connectivity index (χ1n) is 6.57. The molecule has 0 aliphatic rings. The third-order valence-electron chi connectivity index (χ3n) is 3.20. The maximum atomic E-state index is 12.4. The van der Waals surface area contributed by atoms with Gasteiger partial charge in [0.15, 0.2) is 0 Å². The standard InChI is InChI=1S/C12H12F3N5O4/c1-7(18(2)11(21)12(13,14)15)6-24-9-4-3-8-16-5-10(20(22)23)19(8)17-9/h3-5,7H,6H2,1-2H3/t7-/m0/s1. The zero-order chi connectivity index (χ0) is 18.1. The van der Waals surface area contributed by atoms with Gasteiger partial charge < -0.3 is 19.8 Å². The van der Waals surface area contributed by atoms with E-state index >= 15 is 0 Å². The van der Waals surface area contributed by atoms with Gasteiger partial charge in [0, 0.05) is 19.2 Å². The Hall–Kier alpha value is -2.92. The molecule has 0 saturated heterocycles. The van der Waals surface area contributed by atoms with E-state index in [0.29, 0.717) is 4.90 Å². The van der Waals surface area contributed by atoms with Crippen LogP contribution >= 0.6 is 0 Å². The van der Waals surface area contributed by atoms with E-state index in [0.717, 1.165) is 17.8 Å². The van der Waals surface area contributed by atoms with Crippen LogP contribution in [0.5, 0.6) is 5.88 Å². The number of rotatable bonds is 5. The molecule has 0 unspecified atom stereocenters. The molecule has 0 bridgehead atoms. The second kappa shape index (κ2) is 6.29. The van der Waals surface area contributed by atoms with Crippen LogP contribution in [0.15, 0.2) is 18.3 Å². The number of likely N-dealkylation sites (N-methyl/N-ethyl adjacent to an activating group) is 1. The van der Waals surface area contributed by atoms with Crippen LogP contribution in [0, 0.1) is 10.1 Å². The van der Waals surface area contributed by atoms with Gasteiger partial charge >= 0.3 is 17.9 Å². The summed E-state index contributed by atoms with van der Waals surface area (Å²) in [5.74, 6) is -2.43. The fraction of sp³-hybridized carbons (Fsp3) is 0.417. The summed E-state index contributed by atoms with van der Waals surface area (Å²) < 4.78 is 43.2. The van der Waals surface area contributed by atoms with Gasteiger partial charge in [-0.1, -0.05) is 4.52 Å². The lowest BCUT2D eigenvalue weighted by Gasteiger charge is -2.25. The normalized spacial score (nSPS) is 12.9. The van der Waals surface area contributed by atoms with Crippen molar-refractivity contribution in [3.8, 4) is 5.88 Å². The molecule has 2 aromatic heterocycles. The Morgan fingerprint density at radius 3 is 2.75 bits per heavy atom. The topological polar surface area (TPSA) is 103 Å². The molecule has 0 N–H and O–H groups in total. The van der Waals surface area contributed by atoms with Crippen LogP contribution in [0.3, 0.4) is 0 Å². The van der Waals surface area contributed by atoms with Crippen LogP contribution in [0.1, 0.15) is 6.92 Å². The Morgan fingerprint density at radius 2 is 2.17 bits per heavy atom. The number of hydrogen-bond donors (Lipinski definition) is 0. The summed E-state index contributed by atoms with van der Waals surface area (Å²) in [6.45, 7) is 1.08. The lowest BCUT2D eigenvalue weighted by molar-refractivity contribution is -0.391. The van der Waals surface area contributed by atoms with Gasteiger partial charge in [-0.25, -0.2) is 4.98 Å². The van der Waals surface area contributed by atoms with E-state index in [1.165, 1.54) is 19.1 Å². The fourth-order valence-electron chi connectivity index (χ4n) is 1.76. The monoisotopic (exact) mass is 347 g/mol. The highest BCUT2D eigenvalue weighted by Crippen LogP contribution is 2.20. The Labute approximate surface area is 132 Å². The van der Waals surface area contributed by atoms with Crippen molar-refractivity contribution in [2.45, 2.75) is 19.1 Å². The molecule has 0 saturated carbocycles. The molecule has 0 aliphatic carbocycles. The average molecular weight is 347 g/mol. The molecule has 9 nitrogen and oxygen atoms in total. The Bertz CT molecular complexity index is 776. The summed E-state index contributed by atoms with van der Waals surface area (Å²) in [4.78, 5) is 25.5. The lowest BCUT2D eigenvalue weighted by Crippen LogP contribution is -2.45. The number of carbonyl (C=O) groups is 1. The first-order chi connectivity index (χ1) is 11.1. The third kappa shape index (κ3) is 3.52. The number of halogens is 3. The van der Waals surface area contributed by atoms with E-state index in [-0.39, 0.29) is 24.0 Å². The molecular weight excluding hydrogens is 335 g/mol. The number of alkyl halides is 3. The third-order valence-corrected chi connectivity index (χ3v) is 3.20. The average Bonchev–Trinajstić information content (AvgIpc) is 2.93. The maximum absolute atomic E-state index is 12.4. The quantitative estimate of drug-likeness (QED) is 0.599. The summed E-state index contributed by atoms with van der Waals surface area (Å²) in [5.41, 5.74) is 0.214. The SMILES string of the molecule is C[C@@H](COc1ccc2ncc([N+](=O)[O-])n2n1)N(C)C(=O)C(F)(F)F. The van der Waals surface area contributed by atoms with Crippen molar-refractivity contribution in [2.75, 3.05) is 13.7 Å². The highest BCUT2D eigenvalue weighted by molar-refractivity contribution is 5.81. The zero-order valence-electron chi connectivity index (χ0n) is 12.5. The van der Waals surface area contributed by atoms with Gasteiger partial charge in [-0.15, -0.1) is 0 Å². The van der Waals surface area contributed by atoms with E-state index in [1.54, 1.807) is 0 Å². The number of fused-ring (bicyclic) bond motifs is 1. The van der Waals surface area contributed by atoms with Crippen LogP contribution in [-0.4, -0.2) is 56.2 Å². The Balaban J connectivity index is 2.09. The van der Waals surface area contributed by atoms with Crippen molar-refractivity contribution >= 4 is 17.4 Å². The van der Waals surface area contributed by atoms with Gasteiger partial charge in [0.2, 0.25) is 5.65 Å². The number of aromatic nitrogens is 3. The molecule has 0 fully saturated rings. The second-order valence-corrected chi connectivity index (χ2v) is 4.89. The van der Waals surface area contributed by atoms with Crippen LogP contribution in [0.4, 0.5) is 19.0 Å². The van der Waals surface area contributed by atoms with E-state index in [9.17, 15) is 28.1 Å². The largest absolute Gasteiger partial charge is 0.473 e. The minimum Gasteiger partial charge on any atom is -0.473 e. The Kier molecular flexibility index (Phi) is 4.57. The molecule has 1 atom stereocenters. The van der Waals surface area contributed by atoms with Crippen molar-refractivity contribution in [3.05, 3.63) is 28.4 Å². The molecule has 0 radical (unpaired) electrons. The second-order valence-electron chi connectivity index (χ2n) is 4.89.